The van der Waals surface area contributed by atoms with Crippen LogP contribution in [0, 0.1) is 0 Å². The van der Waals surface area contributed by atoms with Crippen LogP contribution in [0.5, 0.6) is 0 Å². The molecule has 0 spiro atoms. The second-order valence-electron chi connectivity index (χ2n) is 6.71. The van der Waals surface area contributed by atoms with E-state index in [0.717, 1.165) is 0 Å². The van der Waals surface area contributed by atoms with Crippen LogP contribution in [0.4, 0.5) is 0 Å². The summed E-state index contributed by atoms with van der Waals surface area (Å²) in [6.07, 6.45) is -7.12. The Hall–Kier alpha value is -4.32. The zero-order valence-electron chi connectivity index (χ0n) is 19.0. The van der Waals surface area contributed by atoms with E-state index in [1.54, 1.807) is 0 Å². The van der Waals surface area contributed by atoms with E-state index in [-0.39, 0.29) is 0 Å². The number of ether oxygens (including phenoxy) is 6. The van der Waals surface area contributed by atoms with E-state index < -0.39 is 119 Å². The quantitative estimate of drug-likeness (QED) is 0.0583. The van der Waals surface area contributed by atoms with E-state index in [0.29, 0.717) is 0 Å². The third kappa shape index (κ3) is 19.7. The van der Waals surface area contributed by atoms with Gasteiger partial charge in [-0.15, -0.1) is 0 Å². The summed E-state index contributed by atoms with van der Waals surface area (Å²) < 4.78 is 26.4. The Kier molecular flexibility index (Phi) is 15.9. The van der Waals surface area contributed by atoms with Crippen LogP contribution in [0.3, 0.4) is 0 Å². The Labute approximate surface area is 206 Å². The molecule has 0 aromatic rings. The van der Waals surface area contributed by atoms with E-state index in [4.69, 9.17) is 10.2 Å². The summed E-state index contributed by atoms with van der Waals surface area (Å²) in [5, 5.41) is 36.2. The lowest BCUT2D eigenvalue weighted by molar-refractivity contribution is -0.173. The number of carboxylic acid groups (broad SMARTS) is 2. The van der Waals surface area contributed by atoms with Gasteiger partial charge in [-0.25, -0.2) is 0 Å². The van der Waals surface area contributed by atoms with Crippen molar-refractivity contribution in [3.05, 3.63) is 0 Å². The molecule has 0 aliphatic carbocycles. The first-order valence-electron chi connectivity index (χ1n) is 10.0. The molecule has 37 heavy (non-hydrogen) atoms. The van der Waals surface area contributed by atoms with Crippen molar-refractivity contribution in [2.24, 2.45) is 0 Å². The summed E-state index contributed by atoms with van der Waals surface area (Å²) in [6.45, 7) is -3.19. The lowest BCUT2D eigenvalue weighted by atomic mass is 10.2. The fourth-order valence-electron chi connectivity index (χ4n) is 1.94. The molecule has 0 radical (unpaired) electrons. The minimum Gasteiger partial charge on any atom is -0.481 e. The number of aliphatic hydroxyl groups is 2. The first-order chi connectivity index (χ1) is 17.3. The summed E-state index contributed by atoms with van der Waals surface area (Å²) in [6, 6.07) is 0. The Morgan fingerprint density at radius 3 is 1.03 bits per heavy atom. The molecule has 0 aliphatic rings. The highest BCUT2D eigenvalue weighted by molar-refractivity contribution is 5.92. The van der Waals surface area contributed by atoms with Gasteiger partial charge in [-0.3, -0.25) is 38.4 Å². The molecule has 0 aliphatic heterocycles. The Morgan fingerprint density at radius 2 is 0.730 bits per heavy atom. The van der Waals surface area contributed by atoms with Crippen molar-refractivity contribution < 1.29 is 87.2 Å². The first kappa shape index (κ1) is 32.7. The molecular formula is C19H24O18. The Bertz CT molecular complexity index is 780. The molecule has 0 heterocycles. The predicted molar refractivity (Wildman–Crippen MR) is 106 cm³/mol. The van der Waals surface area contributed by atoms with E-state index in [9.17, 15) is 48.6 Å². The number of hydrogen-bond acceptors (Lipinski definition) is 16. The Balaban J connectivity index is 4.02. The van der Waals surface area contributed by atoms with Crippen molar-refractivity contribution in [2.75, 3.05) is 26.8 Å². The highest BCUT2D eigenvalue weighted by Gasteiger charge is 2.20. The molecule has 18 nitrogen and oxygen atoms in total. The highest BCUT2D eigenvalue weighted by atomic mass is 16.7. The number of carbonyl (C=O) groups excluding carboxylic acids is 6. The van der Waals surface area contributed by atoms with Gasteiger partial charge in [-0.1, -0.05) is 0 Å². The van der Waals surface area contributed by atoms with Gasteiger partial charge in [0, 0.05) is 6.42 Å². The van der Waals surface area contributed by atoms with Crippen molar-refractivity contribution in [3.8, 4) is 0 Å². The largest absolute Gasteiger partial charge is 0.481 e. The molecule has 4 N–H and O–H groups in total. The SMILES string of the molecule is O=C(O)CC(=O)OCOC(=O)CC(=O)OCC(O)CC(O)COC(=O)CC(=O)OCOC(=O)CC(=O)O. The van der Waals surface area contributed by atoms with Gasteiger partial charge in [0.25, 0.3) is 0 Å². The lowest BCUT2D eigenvalue weighted by Crippen LogP contribution is -2.28. The average Bonchev–Trinajstić information content (AvgIpc) is 2.75. The van der Waals surface area contributed by atoms with Crippen molar-refractivity contribution in [2.45, 2.75) is 44.3 Å². The molecule has 0 aromatic carbocycles. The van der Waals surface area contributed by atoms with Crippen LogP contribution in [0.2, 0.25) is 0 Å². The van der Waals surface area contributed by atoms with Crippen molar-refractivity contribution >= 4 is 47.8 Å². The predicted octanol–water partition coefficient (Wildman–Crippen LogP) is -3.00. The summed E-state index contributed by atoms with van der Waals surface area (Å²) in [7, 11) is 0. The molecule has 0 bridgehead atoms. The molecule has 2 atom stereocenters. The molecule has 0 saturated carbocycles. The molecule has 0 saturated heterocycles. The minimum atomic E-state index is -1.46. The topological polar surface area (TPSA) is 273 Å². The molecular weight excluding hydrogens is 516 g/mol. The maximum Gasteiger partial charge on any atom is 0.320 e. The zero-order chi connectivity index (χ0) is 28.4. The monoisotopic (exact) mass is 540 g/mol. The van der Waals surface area contributed by atoms with Crippen LogP contribution < -0.4 is 0 Å². The average molecular weight is 540 g/mol. The molecule has 0 aromatic heterocycles. The number of rotatable bonds is 18. The fourth-order valence-corrected chi connectivity index (χ4v) is 1.94. The fraction of sp³-hybridized carbons (Fsp3) is 0.579. The lowest BCUT2D eigenvalue weighted by Gasteiger charge is -2.16. The van der Waals surface area contributed by atoms with E-state index in [2.05, 4.69) is 28.4 Å². The summed E-state index contributed by atoms with van der Waals surface area (Å²) >= 11 is 0. The van der Waals surface area contributed by atoms with Crippen LogP contribution >= 0.6 is 0 Å². The summed E-state index contributed by atoms with van der Waals surface area (Å²) in [5.74, 6) is -9.90. The maximum absolute atomic E-state index is 11.5. The summed E-state index contributed by atoms with van der Waals surface area (Å²) in [5.41, 5.74) is 0. The van der Waals surface area contributed by atoms with Gasteiger partial charge in [0.05, 0.1) is 12.2 Å². The van der Waals surface area contributed by atoms with E-state index in [1.165, 1.54) is 0 Å². The third-order valence-corrected chi connectivity index (χ3v) is 3.47. The first-order valence-corrected chi connectivity index (χ1v) is 10.0. The molecule has 0 fully saturated rings. The zero-order valence-corrected chi connectivity index (χ0v) is 19.0. The van der Waals surface area contributed by atoms with Crippen LogP contribution in [0.1, 0.15) is 32.1 Å². The molecule has 208 valence electrons. The number of carboxylic acids is 2. The highest BCUT2D eigenvalue weighted by Crippen LogP contribution is 2.03. The molecule has 0 rings (SSSR count). The van der Waals surface area contributed by atoms with Gasteiger partial charge in [0.1, 0.15) is 38.9 Å². The summed E-state index contributed by atoms with van der Waals surface area (Å²) in [4.78, 5) is 88.1. The van der Waals surface area contributed by atoms with Crippen LogP contribution in [-0.2, 0) is 66.8 Å². The van der Waals surface area contributed by atoms with Crippen LogP contribution in [-0.4, -0.2) is 107 Å². The van der Waals surface area contributed by atoms with Gasteiger partial charge in [-0.2, -0.15) is 0 Å². The van der Waals surface area contributed by atoms with E-state index in [1.807, 2.05) is 0 Å². The molecule has 0 amide bonds. The number of carbonyl (C=O) groups is 8. The van der Waals surface area contributed by atoms with E-state index >= 15 is 0 Å². The maximum atomic E-state index is 11.5. The van der Waals surface area contributed by atoms with Crippen LogP contribution in [0.25, 0.3) is 0 Å². The number of hydrogen-bond donors (Lipinski definition) is 4. The number of esters is 6. The number of aliphatic carboxylic acids is 2. The third-order valence-electron chi connectivity index (χ3n) is 3.47. The van der Waals surface area contributed by atoms with Crippen LogP contribution in [0.15, 0.2) is 0 Å². The van der Waals surface area contributed by atoms with Crippen molar-refractivity contribution in [1.29, 1.82) is 0 Å². The van der Waals surface area contributed by atoms with Gasteiger partial charge >= 0.3 is 47.8 Å². The molecule has 18 heteroatoms. The molecule has 2 unspecified atom stereocenters. The smallest absolute Gasteiger partial charge is 0.320 e. The van der Waals surface area contributed by atoms with Crippen molar-refractivity contribution in [1.82, 2.24) is 0 Å². The van der Waals surface area contributed by atoms with Crippen molar-refractivity contribution in [3.63, 3.8) is 0 Å². The van der Waals surface area contributed by atoms with Gasteiger partial charge < -0.3 is 48.8 Å². The van der Waals surface area contributed by atoms with Gasteiger partial charge in [-0.05, 0) is 0 Å². The second kappa shape index (κ2) is 18.0. The number of aliphatic hydroxyl groups excluding tert-OH is 2. The Morgan fingerprint density at radius 1 is 0.459 bits per heavy atom. The van der Waals surface area contributed by atoms with Gasteiger partial charge in [0.15, 0.2) is 0 Å². The second-order valence-corrected chi connectivity index (χ2v) is 6.71. The minimum absolute atomic E-state index is 0.450. The standard InChI is InChI=1S/C19H24O18/c20-10(6-32-16(28)4-18(30)36-8-34-14(26)2-12(22)23)1-11(21)7-33-17(29)5-19(31)37-9-35-15(27)3-13(24)25/h10-11,20-21H,1-9H2,(H,22,23)(H,24,25). The van der Waals surface area contributed by atoms with Gasteiger partial charge in [0.2, 0.25) is 13.6 Å². The normalized spacial score (nSPS) is 11.7.